The van der Waals surface area contributed by atoms with E-state index in [4.69, 9.17) is 9.47 Å². The minimum Gasteiger partial charge on any atom is -0.486 e. The van der Waals surface area contributed by atoms with Crippen molar-refractivity contribution in [2.45, 2.75) is 24.4 Å². The molecule has 7 nitrogen and oxygen atoms in total. The summed E-state index contributed by atoms with van der Waals surface area (Å²) >= 11 is 1.53. The molecule has 0 N–H and O–H groups in total. The van der Waals surface area contributed by atoms with Gasteiger partial charge in [0.2, 0.25) is 5.91 Å². The van der Waals surface area contributed by atoms with Crippen LogP contribution in [0.1, 0.15) is 11.4 Å². The van der Waals surface area contributed by atoms with Crippen LogP contribution in [0.4, 0.5) is 0 Å². The number of ether oxygens (including phenoxy) is 2. The molecule has 0 spiro atoms. The van der Waals surface area contributed by atoms with Gasteiger partial charge < -0.3 is 14.4 Å². The van der Waals surface area contributed by atoms with Crippen molar-refractivity contribution < 1.29 is 14.3 Å². The molecule has 1 amide bonds. The van der Waals surface area contributed by atoms with Crippen molar-refractivity contribution in [3.05, 3.63) is 29.6 Å². The Balaban J connectivity index is 1.75. The molecule has 8 heteroatoms. The van der Waals surface area contributed by atoms with Gasteiger partial charge in [-0.3, -0.25) is 9.36 Å². The molecule has 0 bridgehead atoms. The molecule has 1 aromatic carbocycles. The fourth-order valence-corrected chi connectivity index (χ4v) is 3.28. The molecule has 0 aliphatic carbocycles. The smallest absolute Gasteiger partial charge is 0.242 e. The lowest BCUT2D eigenvalue weighted by molar-refractivity contribution is -0.129. The summed E-state index contributed by atoms with van der Waals surface area (Å²) in [4.78, 5) is 13.5. The minimum atomic E-state index is 0.00794. The van der Waals surface area contributed by atoms with E-state index in [1.165, 1.54) is 11.8 Å². The molecule has 0 fully saturated rings. The van der Waals surface area contributed by atoms with Gasteiger partial charge in [-0.05, 0) is 13.0 Å². The number of likely N-dealkylation sites (N-methyl/N-ethyl adjacent to an activating group) is 1. The highest BCUT2D eigenvalue weighted by molar-refractivity contribution is 7.98. The van der Waals surface area contributed by atoms with Gasteiger partial charge in [0.15, 0.2) is 16.7 Å². The number of carbonyl (C=O) groups is 1. The van der Waals surface area contributed by atoms with Crippen LogP contribution in [0.3, 0.4) is 0 Å². The first-order valence-corrected chi connectivity index (χ1v) is 8.65. The SMILES string of the molecule is Cc1nnc(SCc2cccc3c2OCCO3)n1CC(=O)N(C)C. The van der Waals surface area contributed by atoms with Crippen molar-refractivity contribution in [1.82, 2.24) is 19.7 Å². The number of aromatic nitrogens is 3. The first-order valence-electron chi connectivity index (χ1n) is 7.66. The molecule has 1 aliphatic rings. The van der Waals surface area contributed by atoms with E-state index in [9.17, 15) is 4.79 Å². The summed E-state index contributed by atoms with van der Waals surface area (Å²) in [5, 5.41) is 9.00. The molecule has 128 valence electrons. The summed E-state index contributed by atoms with van der Waals surface area (Å²) in [5.41, 5.74) is 1.04. The highest BCUT2D eigenvalue weighted by Crippen LogP contribution is 2.36. The van der Waals surface area contributed by atoms with Crippen LogP contribution in [0, 0.1) is 6.92 Å². The highest BCUT2D eigenvalue weighted by Gasteiger charge is 2.18. The van der Waals surface area contributed by atoms with Crippen LogP contribution in [0.5, 0.6) is 11.5 Å². The van der Waals surface area contributed by atoms with Crippen LogP contribution in [0.15, 0.2) is 23.4 Å². The number of hydrogen-bond acceptors (Lipinski definition) is 6. The van der Waals surface area contributed by atoms with Crippen molar-refractivity contribution in [3.63, 3.8) is 0 Å². The minimum absolute atomic E-state index is 0.00794. The molecule has 2 aromatic rings. The lowest BCUT2D eigenvalue weighted by Crippen LogP contribution is -2.27. The molecule has 1 aliphatic heterocycles. The van der Waals surface area contributed by atoms with Gasteiger partial charge in [-0.25, -0.2) is 0 Å². The number of benzene rings is 1. The number of fused-ring (bicyclic) bond motifs is 1. The summed E-state index contributed by atoms with van der Waals surface area (Å²) in [7, 11) is 3.48. The van der Waals surface area contributed by atoms with E-state index in [1.807, 2.05) is 29.7 Å². The Morgan fingerprint density at radius 1 is 1.29 bits per heavy atom. The number of para-hydroxylation sites is 1. The Hall–Kier alpha value is -2.22. The first kappa shape index (κ1) is 16.6. The molecular formula is C16H20N4O3S. The average Bonchev–Trinajstić information content (AvgIpc) is 2.93. The Bertz CT molecular complexity index is 745. The third-order valence-corrected chi connectivity index (χ3v) is 4.71. The monoisotopic (exact) mass is 348 g/mol. The number of amides is 1. The number of aryl methyl sites for hydroxylation is 1. The molecule has 2 heterocycles. The predicted octanol–water partition coefficient (Wildman–Crippen LogP) is 1.74. The maximum Gasteiger partial charge on any atom is 0.242 e. The Kier molecular flexibility index (Phi) is 4.94. The van der Waals surface area contributed by atoms with Gasteiger partial charge in [-0.1, -0.05) is 23.9 Å². The molecule has 0 radical (unpaired) electrons. The molecule has 0 atom stereocenters. The normalized spacial score (nSPS) is 13.0. The maximum atomic E-state index is 12.0. The maximum absolute atomic E-state index is 12.0. The van der Waals surface area contributed by atoms with Crippen LogP contribution in [-0.2, 0) is 17.1 Å². The molecular weight excluding hydrogens is 328 g/mol. The largest absolute Gasteiger partial charge is 0.486 e. The quantitative estimate of drug-likeness (QED) is 0.767. The van der Waals surface area contributed by atoms with E-state index in [-0.39, 0.29) is 12.5 Å². The number of thioether (sulfide) groups is 1. The van der Waals surface area contributed by atoms with Gasteiger partial charge >= 0.3 is 0 Å². The van der Waals surface area contributed by atoms with E-state index in [2.05, 4.69) is 10.2 Å². The number of hydrogen-bond donors (Lipinski definition) is 0. The van der Waals surface area contributed by atoms with E-state index in [0.29, 0.717) is 19.0 Å². The van der Waals surface area contributed by atoms with E-state index >= 15 is 0 Å². The van der Waals surface area contributed by atoms with Crippen LogP contribution in [0.2, 0.25) is 0 Å². The topological polar surface area (TPSA) is 69.5 Å². The third kappa shape index (κ3) is 3.48. The van der Waals surface area contributed by atoms with Gasteiger partial charge in [0.25, 0.3) is 0 Å². The van der Waals surface area contributed by atoms with Crippen molar-refractivity contribution in [2.75, 3.05) is 27.3 Å². The van der Waals surface area contributed by atoms with Crippen molar-refractivity contribution >= 4 is 17.7 Å². The molecule has 24 heavy (non-hydrogen) atoms. The summed E-state index contributed by atoms with van der Waals surface area (Å²) < 4.78 is 13.2. The average molecular weight is 348 g/mol. The van der Waals surface area contributed by atoms with E-state index in [0.717, 1.165) is 28.0 Å². The Morgan fingerprint density at radius 2 is 2.08 bits per heavy atom. The van der Waals surface area contributed by atoms with Crippen molar-refractivity contribution in [1.29, 1.82) is 0 Å². The Morgan fingerprint density at radius 3 is 2.88 bits per heavy atom. The highest BCUT2D eigenvalue weighted by atomic mass is 32.2. The molecule has 0 saturated heterocycles. The van der Waals surface area contributed by atoms with Crippen molar-refractivity contribution in [2.24, 2.45) is 0 Å². The molecule has 3 rings (SSSR count). The molecule has 0 saturated carbocycles. The zero-order chi connectivity index (χ0) is 17.1. The summed E-state index contributed by atoms with van der Waals surface area (Å²) in [5.74, 6) is 2.97. The van der Waals surface area contributed by atoms with E-state index in [1.54, 1.807) is 19.0 Å². The second kappa shape index (κ2) is 7.12. The second-order valence-electron chi connectivity index (χ2n) is 5.63. The number of carbonyl (C=O) groups excluding carboxylic acids is 1. The predicted molar refractivity (Wildman–Crippen MR) is 90.4 cm³/mol. The van der Waals surface area contributed by atoms with Crippen LogP contribution >= 0.6 is 11.8 Å². The lowest BCUT2D eigenvalue weighted by atomic mass is 10.2. The number of nitrogens with zero attached hydrogens (tertiary/aromatic N) is 4. The van der Waals surface area contributed by atoms with Gasteiger partial charge in [0, 0.05) is 25.4 Å². The van der Waals surface area contributed by atoms with Gasteiger partial charge in [-0.15, -0.1) is 10.2 Å². The number of rotatable bonds is 5. The second-order valence-corrected chi connectivity index (χ2v) is 6.58. The summed E-state index contributed by atoms with van der Waals surface area (Å²) in [6, 6.07) is 5.87. The zero-order valence-corrected chi connectivity index (χ0v) is 14.8. The fourth-order valence-electron chi connectivity index (χ4n) is 2.32. The zero-order valence-electron chi connectivity index (χ0n) is 14.0. The van der Waals surface area contributed by atoms with Gasteiger partial charge in [-0.2, -0.15) is 0 Å². The van der Waals surface area contributed by atoms with Crippen LogP contribution in [0.25, 0.3) is 0 Å². The van der Waals surface area contributed by atoms with Gasteiger partial charge in [0.1, 0.15) is 25.6 Å². The van der Waals surface area contributed by atoms with Gasteiger partial charge in [0.05, 0.1) is 0 Å². The van der Waals surface area contributed by atoms with Crippen LogP contribution < -0.4 is 9.47 Å². The molecule has 0 unspecified atom stereocenters. The third-order valence-electron chi connectivity index (χ3n) is 3.70. The fraction of sp³-hybridized carbons (Fsp3) is 0.438. The standard InChI is InChI=1S/C16H20N4O3S/c1-11-17-18-16(20(11)9-14(21)19(2)3)24-10-12-5-4-6-13-15(12)23-8-7-22-13/h4-6H,7-10H2,1-3H3. The van der Waals surface area contributed by atoms with E-state index < -0.39 is 0 Å². The molecule has 1 aromatic heterocycles. The Labute approximate surface area is 145 Å². The van der Waals surface area contributed by atoms with Crippen molar-refractivity contribution in [3.8, 4) is 11.5 Å². The lowest BCUT2D eigenvalue weighted by Gasteiger charge is -2.20. The summed E-state index contributed by atoms with van der Waals surface area (Å²) in [6.07, 6.45) is 0. The first-order chi connectivity index (χ1) is 11.6. The summed E-state index contributed by atoms with van der Waals surface area (Å²) in [6.45, 7) is 3.22. The van der Waals surface area contributed by atoms with Crippen LogP contribution in [-0.4, -0.2) is 52.9 Å².